The van der Waals surface area contributed by atoms with E-state index in [2.05, 4.69) is 37.2 Å². The van der Waals surface area contributed by atoms with Crippen molar-refractivity contribution in [3.63, 3.8) is 0 Å². The van der Waals surface area contributed by atoms with Crippen LogP contribution in [-0.4, -0.2) is 86.3 Å². The molecule has 1 N–H and O–H groups in total. The highest BCUT2D eigenvalue weighted by Gasteiger charge is 2.18. The van der Waals surface area contributed by atoms with Crippen molar-refractivity contribution in [3.05, 3.63) is 6.07 Å². The van der Waals surface area contributed by atoms with E-state index >= 15 is 0 Å². The first-order valence-electron chi connectivity index (χ1n) is 11.2. The predicted molar refractivity (Wildman–Crippen MR) is 117 cm³/mol. The Balaban J connectivity index is 1.43. The number of ether oxygens (including phenoxy) is 3. The number of hydrazone groups is 1. The average Bonchev–Trinajstić information content (AvgIpc) is 2.80. The van der Waals surface area contributed by atoms with Gasteiger partial charge in [0.05, 0.1) is 26.4 Å². The molecule has 4 rings (SSSR count). The topological polar surface area (TPSA) is 84.3 Å². The van der Waals surface area contributed by atoms with Gasteiger partial charge in [-0.05, 0) is 25.2 Å². The summed E-state index contributed by atoms with van der Waals surface area (Å²) in [6, 6.07) is 2.35. The van der Waals surface area contributed by atoms with Gasteiger partial charge in [-0.25, -0.2) is 0 Å². The summed E-state index contributed by atoms with van der Waals surface area (Å²) in [5.74, 6) is 2.06. The number of nitrogens with zero attached hydrogens (tertiary/aromatic N) is 5. The lowest BCUT2D eigenvalue weighted by molar-refractivity contribution is 0.0317. The van der Waals surface area contributed by atoms with Crippen LogP contribution in [0.5, 0.6) is 6.01 Å². The molecule has 0 amide bonds. The molecule has 2 saturated heterocycles. The molecule has 1 saturated carbocycles. The van der Waals surface area contributed by atoms with E-state index in [1.807, 2.05) is 6.07 Å². The molecule has 9 heteroatoms. The molecule has 1 unspecified atom stereocenters. The van der Waals surface area contributed by atoms with Crippen LogP contribution in [0.4, 0.5) is 11.6 Å². The lowest BCUT2D eigenvalue weighted by atomic mass is 9.89. The van der Waals surface area contributed by atoms with Crippen molar-refractivity contribution >= 4 is 17.3 Å². The Morgan fingerprint density at radius 1 is 1.10 bits per heavy atom. The van der Waals surface area contributed by atoms with E-state index < -0.39 is 0 Å². The zero-order chi connectivity index (χ0) is 20.6. The molecule has 3 fully saturated rings. The second-order valence-electron chi connectivity index (χ2n) is 8.16. The van der Waals surface area contributed by atoms with Crippen molar-refractivity contribution < 1.29 is 14.2 Å². The summed E-state index contributed by atoms with van der Waals surface area (Å²) in [4.78, 5) is 13.8. The van der Waals surface area contributed by atoms with Gasteiger partial charge in [0.15, 0.2) is 5.82 Å². The van der Waals surface area contributed by atoms with Crippen LogP contribution in [0.3, 0.4) is 0 Å². The second-order valence-corrected chi connectivity index (χ2v) is 8.16. The van der Waals surface area contributed by atoms with Crippen LogP contribution in [-0.2, 0) is 9.47 Å². The van der Waals surface area contributed by atoms with Crippen LogP contribution in [0.15, 0.2) is 11.2 Å². The normalized spacial score (nSPS) is 24.8. The minimum absolute atomic E-state index is 0.395. The van der Waals surface area contributed by atoms with Gasteiger partial charge in [-0.3, -0.25) is 10.3 Å². The highest BCUT2D eigenvalue weighted by molar-refractivity contribution is 5.87. The zero-order valence-electron chi connectivity index (χ0n) is 18.0. The molecule has 3 heterocycles. The summed E-state index contributed by atoms with van der Waals surface area (Å²) in [5, 5.41) is 4.67. The molecule has 3 aliphatic rings. The number of anilines is 2. The van der Waals surface area contributed by atoms with Gasteiger partial charge in [0.25, 0.3) is 0 Å². The van der Waals surface area contributed by atoms with Gasteiger partial charge in [-0.2, -0.15) is 15.1 Å². The third-order valence-electron chi connectivity index (χ3n) is 5.97. The number of hydrogen-bond donors (Lipinski definition) is 1. The summed E-state index contributed by atoms with van der Waals surface area (Å²) < 4.78 is 16.8. The first-order valence-corrected chi connectivity index (χ1v) is 11.2. The van der Waals surface area contributed by atoms with Crippen molar-refractivity contribution in [2.75, 3.05) is 76.1 Å². The molecule has 0 spiro atoms. The second kappa shape index (κ2) is 10.9. The fourth-order valence-electron chi connectivity index (χ4n) is 4.04. The Morgan fingerprint density at radius 3 is 2.63 bits per heavy atom. The third-order valence-corrected chi connectivity index (χ3v) is 5.97. The van der Waals surface area contributed by atoms with E-state index in [-0.39, 0.29) is 0 Å². The Labute approximate surface area is 178 Å². The quantitative estimate of drug-likeness (QED) is 0.673. The minimum Gasteiger partial charge on any atom is -0.462 e. The largest absolute Gasteiger partial charge is 0.462 e. The smallest absolute Gasteiger partial charge is 0.320 e. The molecule has 9 nitrogen and oxygen atoms in total. The molecule has 0 radical (unpaired) electrons. The van der Waals surface area contributed by atoms with Crippen LogP contribution in [0, 0.1) is 5.92 Å². The summed E-state index contributed by atoms with van der Waals surface area (Å²) in [7, 11) is 0. The van der Waals surface area contributed by atoms with Crippen molar-refractivity contribution in [1.82, 2.24) is 14.9 Å². The van der Waals surface area contributed by atoms with Gasteiger partial charge >= 0.3 is 6.01 Å². The third kappa shape index (κ3) is 6.02. The Kier molecular flexibility index (Phi) is 7.71. The van der Waals surface area contributed by atoms with Crippen molar-refractivity contribution in [2.24, 2.45) is 11.0 Å². The van der Waals surface area contributed by atoms with Gasteiger partial charge in [0.1, 0.15) is 12.4 Å². The summed E-state index contributed by atoms with van der Waals surface area (Å²) >= 11 is 0. The van der Waals surface area contributed by atoms with E-state index in [9.17, 15) is 0 Å². The molecule has 0 bridgehead atoms. The van der Waals surface area contributed by atoms with Gasteiger partial charge < -0.3 is 19.1 Å². The molecular formula is C21H34N6O3. The maximum absolute atomic E-state index is 5.94. The fourth-order valence-corrected chi connectivity index (χ4v) is 4.04. The number of rotatable bonds is 7. The van der Waals surface area contributed by atoms with E-state index in [0.29, 0.717) is 37.6 Å². The highest BCUT2D eigenvalue weighted by atomic mass is 16.5. The van der Waals surface area contributed by atoms with Crippen molar-refractivity contribution in [2.45, 2.75) is 32.6 Å². The van der Waals surface area contributed by atoms with E-state index in [0.717, 1.165) is 58.2 Å². The van der Waals surface area contributed by atoms with Crippen LogP contribution >= 0.6 is 0 Å². The molecule has 1 aromatic heterocycles. The predicted octanol–water partition coefficient (Wildman–Crippen LogP) is 2.00. The lowest BCUT2D eigenvalue weighted by Gasteiger charge is -2.28. The molecule has 0 aromatic carbocycles. The maximum Gasteiger partial charge on any atom is 0.320 e. The highest BCUT2D eigenvalue weighted by Crippen LogP contribution is 2.23. The van der Waals surface area contributed by atoms with Crippen LogP contribution in [0.2, 0.25) is 0 Å². The standard InChI is InChI=1S/C21H34N6O3/c1-17-4-2-3-5-18(17)24-25-19-16-20(27-9-13-29-14-10-27)23-21(22-19)30-15-8-26-6-11-28-12-7-26/h16-17H,2-15H2,1H3,(H,22,23,25)/b24-18+. The summed E-state index contributed by atoms with van der Waals surface area (Å²) in [6.45, 7) is 10.2. The Hall–Kier alpha value is -1.97. The molecular weight excluding hydrogens is 384 g/mol. The first-order chi connectivity index (χ1) is 14.8. The lowest BCUT2D eigenvalue weighted by Crippen LogP contribution is -2.39. The fraction of sp³-hybridized carbons (Fsp3) is 0.762. The van der Waals surface area contributed by atoms with E-state index in [1.165, 1.54) is 25.0 Å². The molecule has 1 aliphatic carbocycles. The van der Waals surface area contributed by atoms with Crippen molar-refractivity contribution in [1.29, 1.82) is 0 Å². The van der Waals surface area contributed by atoms with Gasteiger partial charge in [-0.1, -0.05) is 13.3 Å². The van der Waals surface area contributed by atoms with Gasteiger partial charge in [-0.15, -0.1) is 0 Å². The summed E-state index contributed by atoms with van der Waals surface area (Å²) in [5.41, 5.74) is 4.40. The van der Waals surface area contributed by atoms with Gasteiger partial charge in [0.2, 0.25) is 0 Å². The Bertz CT molecular complexity index is 704. The number of nitrogens with one attached hydrogen (secondary N) is 1. The van der Waals surface area contributed by atoms with E-state index in [4.69, 9.17) is 14.2 Å². The van der Waals surface area contributed by atoms with Crippen LogP contribution in [0.25, 0.3) is 0 Å². The summed E-state index contributed by atoms with van der Waals surface area (Å²) in [6.07, 6.45) is 4.76. The molecule has 30 heavy (non-hydrogen) atoms. The first kappa shape index (κ1) is 21.3. The monoisotopic (exact) mass is 418 g/mol. The molecule has 166 valence electrons. The van der Waals surface area contributed by atoms with Gasteiger partial charge in [0, 0.05) is 44.5 Å². The number of aromatic nitrogens is 2. The maximum atomic E-state index is 5.94. The molecule has 1 aromatic rings. The van der Waals surface area contributed by atoms with Crippen molar-refractivity contribution in [3.8, 4) is 6.01 Å². The van der Waals surface area contributed by atoms with Crippen LogP contribution < -0.4 is 15.1 Å². The van der Waals surface area contributed by atoms with E-state index in [1.54, 1.807) is 0 Å². The molecule has 1 atom stereocenters. The number of morpholine rings is 2. The minimum atomic E-state index is 0.395. The SMILES string of the molecule is CC1CCCC/C1=N\Nc1cc(N2CCOCC2)nc(OCCN2CCOCC2)n1. The Morgan fingerprint density at radius 2 is 1.87 bits per heavy atom. The molecule has 2 aliphatic heterocycles. The number of hydrogen-bond acceptors (Lipinski definition) is 9. The zero-order valence-corrected chi connectivity index (χ0v) is 18.0. The average molecular weight is 419 g/mol. The van der Waals surface area contributed by atoms with Crippen LogP contribution in [0.1, 0.15) is 32.6 Å².